The van der Waals surface area contributed by atoms with E-state index in [4.69, 9.17) is 0 Å². The van der Waals surface area contributed by atoms with Crippen LogP contribution in [0.5, 0.6) is 0 Å². The van der Waals surface area contributed by atoms with Gasteiger partial charge in [-0.2, -0.15) is 4.68 Å². The first-order valence-corrected chi connectivity index (χ1v) is 10.6. The number of amides is 1. The van der Waals surface area contributed by atoms with Gasteiger partial charge in [-0.3, -0.25) is 14.7 Å². The molecule has 2 heterocycles. The Hall–Kier alpha value is -3.45. The van der Waals surface area contributed by atoms with Crippen LogP contribution in [0, 0.1) is 6.92 Å². The second-order valence-corrected chi connectivity index (χ2v) is 7.81. The quantitative estimate of drug-likeness (QED) is 0.489. The number of nitrogens with one attached hydrogen (secondary N) is 2. The molecule has 4 rings (SSSR count). The highest BCUT2D eigenvalue weighted by Crippen LogP contribution is 2.23. The monoisotopic (exact) mass is 418 g/mol. The molecule has 0 aliphatic rings. The summed E-state index contributed by atoms with van der Waals surface area (Å²) < 4.78 is 1.41. The lowest BCUT2D eigenvalue weighted by atomic mass is 10.1. The molecule has 0 atom stereocenters. The molecule has 2 N–H and O–H groups in total. The number of anilines is 1. The zero-order valence-corrected chi connectivity index (χ0v) is 17.6. The molecule has 0 aliphatic carbocycles. The lowest BCUT2D eigenvalue weighted by Crippen LogP contribution is -2.22. The number of para-hydroxylation sites is 1. The summed E-state index contributed by atoms with van der Waals surface area (Å²) in [5.74, 6) is -0.216. The van der Waals surface area contributed by atoms with Crippen LogP contribution < -0.4 is 10.9 Å². The van der Waals surface area contributed by atoms with Crippen LogP contribution in [-0.2, 0) is 17.6 Å². The van der Waals surface area contributed by atoms with Crippen LogP contribution in [0.2, 0.25) is 0 Å². The van der Waals surface area contributed by atoms with Gasteiger partial charge in [-0.1, -0.05) is 55.5 Å². The zero-order chi connectivity index (χ0) is 21.1. The van der Waals surface area contributed by atoms with Gasteiger partial charge in [0.2, 0.25) is 11.0 Å². The zero-order valence-electron chi connectivity index (χ0n) is 16.8. The second-order valence-electron chi connectivity index (χ2n) is 6.97. The van der Waals surface area contributed by atoms with Crippen molar-refractivity contribution < 1.29 is 4.79 Å². The van der Waals surface area contributed by atoms with Gasteiger partial charge < -0.3 is 5.32 Å². The number of hydrogen-bond donors (Lipinski definition) is 2. The molecule has 0 saturated carbocycles. The van der Waals surface area contributed by atoms with E-state index in [1.165, 1.54) is 16.0 Å². The third-order valence-electron chi connectivity index (χ3n) is 4.96. The Morgan fingerprint density at radius 1 is 1.13 bits per heavy atom. The molecule has 4 aromatic rings. The lowest BCUT2D eigenvalue weighted by Gasteiger charge is -2.09. The number of thiazole rings is 1. The van der Waals surface area contributed by atoms with Crippen molar-refractivity contribution in [2.75, 3.05) is 5.32 Å². The van der Waals surface area contributed by atoms with E-state index in [1.807, 2.05) is 66.9 Å². The Morgan fingerprint density at radius 3 is 2.63 bits per heavy atom. The minimum absolute atomic E-state index is 0.00311. The third kappa shape index (κ3) is 3.97. The van der Waals surface area contributed by atoms with Gasteiger partial charge in [0.25, 0.3) is 5.56 Å². The number of aryl methyl sites for hydroxylation is 2. The van der Waals surface area contributed by atoms with Crippen molar-refractivity contribution in [1.82, 2.24) is 14.8 Å². The first kappa shape index (κ1) is 19.8. The van der Waals surface area contributed by atoms with Crippen LogP contribution in [0.1, 0.15) is 23.7 Å². The van der Waals surface area contributed by atoms with Gasteiger partial charge >= 0.3 is 0 Å². The molecular weight excluding hydrogens is 396 g/mol. The fourth-order valence-corrected chi connectivity index (χ4v) is 4.13. The Balaban J connectivity index is 1.56. The van der Waals surface area contributed by atoms with Crippen molar-refractivity contribution in [3.05, 3.63) is 87.2 Å². The molecule has 0 spiro atoms. The standard InChI is InChI=1S/C23H22N4O2S/c1-3-16-9-7-8-12-19(16)24-21(28)13-18-15(2)26-27(22(18)29)23-25-20(14-30-23)17-10-5-4-6-11-17/h4-12,14,26H,3,13H2,1-2H3,(H,24,28). The maximum Gasteiger partial charge on any atom is 0.277 e. The van der Waals surface area contributed by atoms with Crippen molar-refractivity contribution in [1.29, 1.82) is 0 Å². The number of aromatic nitrogens is 3. The summed E-state index contributed by atoms with van der Waals surface area (Å²) in [7, 11) is 0. The summed E-state index contributed by atoms with van der Waals surface area (Å²) in [5.41, 5.74) is 4.50. The van der Waals surface area contributed by atoms with Gasteiger partial charge in [0.1, 0.15) is 0 Å². The molecule has 1 amide bonds. The summed E-state index contributed by atoms with van der Waals surface area (Å²) in [5, 5.41) is 8.45. The Kier molecular flexibility index (Phi) is 5.63. The molecule has 152 valence electrons. The number of aromatic amines is 1. The van der Waals surface area contributed by atoms with E-state index in [2.05, 4.69) is 15.4 Å². The van der Waals surface area contributed by atoms with E-state index in [9.17, 15) is 9.59 Å². The van der Waals surface area contributed by atoms with Crippen molar-refractivity contribution >= 4 is 22.9 Å². The number of benzene rings is 2. The second kappa shape index (κ2) is 8.51. The predicted octanol–water partition coefficient (Wildman–Crippen LogP) is 4.34. The number of rotatable bonds is 6. The van der Waals surface area contributed by atoms with Crippen LogP contribution >= 0.6 is 11.3 Å². The summed E-state index contributed by atoms with van der Waals surface area (Å²) in [4.78, 5) is 30.2. The molecule has 0 saturated heterocycles. The first-order chi connectivity index (χ1) is 14.6. The van der Waals surface area contributed by atoms with Crippen LogP contribution in [-0.4, -0.2) is 20.7 Å². The molecule has 2 aromatic carbocycles. The summed E-state index contributed by atoms with van der Waals surface area (Å²) >= 11 is 1.38. The maximum absolute atomic E-state index is 13.0. The largest absolute Gasteiger partial charge is 0.326 e. The van der Waals surface area contributed by atoms with Crippen LogP contribution in [0.3, 0.4) is 0 Å². The number of H-pyrrole nitrogens is 1. The number of nitrogens with zero attached hydrogens (tertiary/aromatic N) is 2. The Morgan fingerprint density at radius 2 is 1.87 bits per heavy atom. The van der Waals surface area contributed by atoms with Gasteiger partial charge in [0.15, 0.2) is 0 Å². The fourth-order valence-electron chi connectivity index (χ4n) is 3.34. The number of carbonyl (C=O) groups excluding carboxylic acids is 1. The molecule has 2 aromatic heterocycles. The highest BCUT2D eigenvalue weighted by Gasteiger charge is 2.18. The van der Waals surface area contributed by atoms with E-state index >= 15 is 0 Å². The molecule has 0 radical (unpaired) electrons. The first-order valence-electron chi connectivity index (χ1n) is 9.76. The normalized spacial score (nSPS) is 10.9. The molecule has 0 unspecified atom stereocenters. The summed E-state index contributed by atoms with van der Waals surface area (Å²) in [6.07, 6.45) is 0.823. The number of carbonyl (C=O) groups is 1. The van der Waals surface area contributed by atoms with Crippen molar-refractivity contribution in [3.63, 3.8) is 0 Å². The average Bonchev–Trinajstić information content (AvgIpc) is 3.35. The summed E-state index contributed by atoms with van der Waals surface area (Å²) in [6.45, 7) is 3.84. The average molecular weight is 419 g/mol. The van der Waals surface area contributed by atoms with E-state index in [-0.39, 0.29) is 17.9 Å². The fraction of sp³-hybridized carbons (Fsp3) is 0.174. The highest BCUT2D eigenvalue weighted by molar-refractivity contribution is 7.12. The molecule has 30 heavy (non-hydrogen) atoms. The van der Waals surface area contributed by atoms with Gasteiger partial charge in [-0.25, -0.2) is 4.98 Å². The van der Waals surface area contributed by atoms with Crippen molar-refractivity contribution in [2.24, 2.45) is 0 Å². The van der Waals surface area contributed by atoms with Crippen molar-refractivity contribution in [3.8, 4) is 16.4 Å². The van der Waals surface area contributed by atoms with E-state index in [1.54, 1.807) is 6.92 Å². The molecule has 6 nitrogen and oxygen atoms in total. The van der Waals surface area contributed by atoms with E-state index in [0.717, 1.165) is 28.9 Å². The maximum atomic E-state index is 13.0. The smallest absolute Gasteiger partial charge is 0.277 e. The molecule has 0 fully saturated rings. The van der Waals surface area contributed by atoms with Gasteiger partial charge in [-0.15, -0.1) is 11.3 Å². The molecular formula is C23H22N4O2S. The van der Waals surface area contributed by atoms with Gasteiger partial charge in [0, 0.05) is 27.9 Å². The molecule has 0 bridgehead atoms. The topological polar surface area (TPSA) is 79.8 Å². The van der Waals surface area contributed by atoms with E-state index < -0.39 is 0 Å². The molecule has 0 aliphatic heterocycles. The van der Waals surface area contributed by atoms with Gasteiger partial charge in [0.05, 0.1) is 12.1 Å². The summed E-state index contributed by atoms with van der Waals surface area (Å²) in [6, 6.07) is 17.5. The van der Waals surface area contributed by atoms with E-state index in [0.29, 0.717) is 16.4 Å². The van der Waals surface area contributed by atoms with Crippen LogP contribution in [0.15, 0.2) is 64.8 Å². The lowest BCUT2D eigenvalue weighted by molar-refractivity contribution is -0.115. The SMILES string of the molecule is CCc1ccccc1NC(=O)Cc1c(C)[nH]n(-c2nc(-c3ccccc3)cs2)c1=O. The van der Waals surface area contributed by atoms with Gasteiger partial charge in [-0.05, 0) is 25.0 Å². The molecule has 7 heteroatoms. The Labute approximate surface area is 178 Å². The minimum Gasteiger partial charge on any atom is -0.326 e. The van der Waals surface area contributed by atoms with Crippen molar-refractivity contribution in [2.45, 2.75) is 26.7 Å². The van der Waals surface area contributed by atoms with Crippen LogP contribution in [0.4, 0.5) is 5.69 Å². The number of hydrogen-bond acceptors (Lipinski definition) is 4. The highest BCUT2D eigenvalue weighted by atomic mass is 32.1. The van der Waals surface area contributed by atoms with Crippen LogP contribution in [0.25, 0.3) is 16.4 Å². The third-order valence-corrected chi connectivity index (χ3v) is 5.78. The predicted molar refractivity (Wildman–Crippen MR) is 120 cm³/mol. The Bertz CT molecular complexity index is 1240. The minimum atomic E-state index is -0.250.